The highest BCUT2D eigenvalue weighted by Gasteiger charge is 2.33. The van der Waals surface area contributed by atoms with E-state index < -0.39 is 0 Å². The van der Waals surface area contributed by atoms with E-state index in [1.54, 1.807) is 6.20 Å². The molecule has 1 fully saturated rings. The summed E-state index contributed by atoms with van der Waals surface area (Å²) in [5, 5.41) is 0. The van der Waals surface area contributed by atoms with E-state index in [0.717, 1.165) is 24.8 Å². The van der Waals surface area contributed by atoms with Gasteiger partial charge in [-0.05, 0) is 24.8 Å². The van der Waals surface area contributed by atoms with Gasteiger partial charge in [-0.3, -0.25) is 4.99 Å². The second-order valence-corrected chi connectivity index (χ2v) is 4.51. The molecule has 1 saturated carbocycles. The molecule has 0 bridgehead atoms. The minimum Gasteiger partial charge on any atom is -0.370 e. The molecule has 82 valence electrons. The quantitative estimate of drug-likeness (QED) is 0.661. The van der Waals surface area contributed by atoms with Crippen molar-refractivity contribution in [2.75, 3.05) is 0 Å². The first-order valence-electron chi connectivity index (χ1n) is 5.57. The molecule has 1 aliphatic carbocycles. The molecule has 1 aliphatic heterocycles. The molecule has 3 heteroatoms. The molecule has 0 aromatic carbocycles. The van der Waals surface area contributed by atoms with Crippen LogP contribution >= 0.6 is 0 Å². The van der Waals surface area contributed by atoms with Gasteiger partial charge in [0, 0.05) is 11.9 Å². The number of aldehydes is 1. The van der Waals surface area contributed by atoms with Crippen LogP contribution in [0.4, 0.5) is 0 Å². The minimum atomic E-state index is -0.185. The predicted octanol–water partition coefficient (Wildman–Crippen LogP) is 1.97. The van der Waals surface area contributed by atoms with Crippen LogP contribution < -0.4 is 0 Å². The van der Waals surface area contributed by atoms with Crippen LogP contribution in [0.2, 0.25) is 0 Å². The van der Waals surface area contributed by atoms with Gasteiger partial charge in [0.2, 0.25) is 0 Å². The van der Waals surface area contributed by atoms with Crippen LogP contribution in [0.25, 0.3) is 0 Å². The van der Waals surface area contributed by atoms with Crippen LogP contribution in [0.3, 0.4) is 0 Å². The van der Waals surface area contributed by atoms with Gasteiger partial charge in [-0.15, -0.1) is 0 Å². The molecule has 0 saturated heterocycles. The third-order valence-electron chi connectivity index (χ3n) is 2.81. The Morgan fingerprint density at radius 1 is 1.53 bits per heavy atom. The molecule has 0 aromatic rings. The van der Waals surface area contributed by atoms with Gasteiger partial charge in [-0.2, -0.15) is 0 Å². The van der Waals surface area contributed by atoms with Gasteiger partial charge in [0.05, 0.1) is 18.1 Å². The van der Waals surface area contributed by atoms with Crippen LogP contribution in [0, 0.1) is 11.8 Å². The number of aliphatic imine (C=N–C) groups is 1. The molecule has 0 aromatic heterocycles. The fraction of sp³-hybridized carbons (Fsp3) is 0.667. The van der Waals surface area contributed by atoms with Gasteiger partial charge in [0.25, 0.3) is 0 Å². The SMILES string of the molecule is CC(C)C1=NC=CC(OC2CC2)C1C=O. The van der Waals surface area contributed by atoms with Crippen LogP contribution in [-0.2, 0) is 9.53 Å². The molecule has 0 spiro atoms. The second kappa shape index (κ2) is 4.27. The molecular formula is C12H17NO2. The fourth-order valence-electron chi connectivity index (χ4n) is 1.83. The zero-order valence-electron chi connectivity index (χ0n) is 9.22. The highest BCUT2D eigenvalue weighted by atomic mass is 16.5. The maximum absolute atomic E-state index is 11.1. The summed E-state index contributed by atoms with van der Waals surface area (Å²) in [6.45, 7) is 4.12. The molecule has 2 unspecified atom stereocenters. The first-order chi connectivity index (χ1) is 7.22. The summed E-state index contributed by atoms with van der Waals surface area (Å²) in [7, 11) is 0. The molecule has 2 atom stereocenters. The van der Waals surface area contributed by atoms with Crippen molar-refractivity contribution >= 4 is 12.0 Å². The molecule has 2 rings (SSSR count). The Morgan fingerprint density at radius 2 is 2.27 bits per heavy atom. The van der Waals surface area contributed by atoms with Crippen LogP contribution in [0.1, 0.15) is 26.7 Å². The summed E-state index contributed by atoms with van der Waals surface area (Å²) >= 11 is 0. The summed E-state index contributed by atoms with van der Waals surface area (Å²) in [4.78, 5) is 15.4. The highest BCUT2D eigenvalue weighted by Crippen LogP contribution is 2.29. The summed E-state index contributed by atoms with van der Waals surface area (Å²) in [6.07, 6.45) is 7.16. The van der Waals surface area contributed by atoms with Crippen molar-refractivity contribution in [3.05, 3.63) is 12.3 Å². The first-order valence-corrected chi connectivity index (χ1v) is 5.57. The maximum atomic E-state index is 11.1. The molecule has 3 nitrogen and oxygen atoms in total. The number of carbonyl (C=O) groups excluding carboxylic acids is 1. The van der Waals surface area contributed by atoms with Crippen LogP contribution in [-0.4, -0.2) is 24.2 Å². The Balaban J connectivity index is 2.09. The lowest BCUT2D eigenvalue weighted by molar-refractivity contribution is -0.112. The Hall–Kier alpha value is -0.960. The van der Waals surface area contributed by atoms with Gasteiger partial charge in [0.1, 0.15) is 6.29 Å². The van der Waals surface area contributed by atoms with E-state index in [4.69, 9.17) is 4.74 Å². The lowest BCUT2D eigenvalue weighted by Crippen LogP contribution is -2.35. The average Bonchev–Trinajstić information content (AvgIpc) is 3.01. The molecule has 15 heavy (non-hydrogen) atoms. The Bertz CT molecular complexity index is 303. The summed E-state index contributed by atoms with van der Waals surface area (Å²) in [5.41, 5.74) is 0.943. The molecule has 0 amide bonds. The number of rotatable bonds is 4. The van der Waals surface area contributed by atoms with Gasteiger partial charge >= 0.3 is 0 Å². The van der Waals surface area contributed by atoms with Crippen molar-refractivity contribution in [1.82, 2.24) is 0 Å². The van der Waals surface area contributed by atoms with E-state index in [-0.39, 0.29) is 12.0 Å². The van der Waals surface area contributed by atoms with E-state index >= 15 is 0 Å². The van der Waals surface area contributed by atoms with E-state index in [1.165, 1.54) is 0 Å². The molecule has 1 heterocycles. The van der Waals surface area contributed by atoms with Gasteiger partial charge in [-0.25, -0.2) is 0 Å². The highest BCUT2D eigenvalue weighted by molar-refractivity contribution is 6.00. The van der Waals surface area contributed by atoms with E-state index in [2.05, 4.69) is 18.8 Å². The normalized spacial score (nSPS) is 30.5. The summed E-state index contributed by atoms with van der Waals surface area (Å²) in [5.74, 6) is 0.117. The minimum absolute atomic E-state index is 0.0927. The first kappa shape index (κ1) is 10.6. The van der Waals surface area contributed by atoms with Crippen molar-refractivity contribution in [3.8, 4) is 0 Å². The zero-order valence-corrected chi connectivity index (χ0v) is 9.22. The van der Waals surface area contributed by atoms with Crippen molar-refractivity contribution in [2.45, 2.75) is 38.9 Å². The molecule has 0 radical (unpaired) electrons. The number of ether oxygens (including phenoxy) is 1. The smallest absolute Gasteiger partial charge is 0.131 e. The molecular weight excluding hydrogens is 190 g/mol. The van der Waals surface area contributed by atoms with Crippen molar-refractivity contribution < 1.29 is 9.53 Å². The predicted molar refractivity (Wildman–Crippen MR) is 58.9 cm³/mol. The van der Waals surface area contributed by atoms with Gasteiger partial charge in [-0.1, -0.05) is 13.8 Å². The largest absolute Gasteiger partial charge is 0.370 e. The van der Waals surface area contributed by atoms with Crippen molar-refractivity contribution in [2.24, 2.45) is 16.8 Å². The van der Waals surface area contributed by atoms with Gasteiger partial charge in [0.15, 0.2) is 0 Å². The van der Waals surface area contributed by atoms with E-state index in [9.17, 15) is 4.79 Å². The number of nitrogens with zero attached hydrogens (tertiary/aromatic N) is 1. The van der Waals surface area contributed by atoms with Crippen molar-refractivity contribution in [3.63, 3.8) is 0 Å². The van der Waals surface area contributed by atoms with Crippen LogP contribution in [0.15, 0.2) is 17.3 Å². The average molecular weight is 207 g/mol. The topological polar surface area (TPSA) is 38.7 Å². The standard InChI is InChI=1S/C12H17NO2/c1-8(2)12-10(7-14)11(5-6-13-12)15-9-3-4-9/h5-11H,3-4H2,1-2H3. The van der Waals surface area contributed by atoms with E-state index in [1.807, 2.05) is 6.08 Å². The Kier molecular flexibility index (Phi) is 3.00. The molecule has 0 N–H and O–H groups in total. The second-order valence-electron chi connectivity index (χ2n) is 4.51. The number of hydrogen-bond acceptors (Lipinski definition) is 3. The van der Waals surface area contributed by atoms with E-state index in [0.29, 0.717) is 12.0 Å². The van der Waals surface area contributed by atoms with Crippen LogP contribution in [0.5, 0.6) is 0 Å². The summed E-state index contributed by atoms with van der Waals surface area (Å²) < 4.78 is 5.79. The Labute approximate surface area is 90.2 Å². The zero-order chi connectivity index (χ0) is 10.8. The summed E-state index contributed by atoms with van der Waals surface area (Å²) in [6, 6.07) is 0. The third-order valence-corrected chi connectivity index (χ3v) is 2.81. The van der Waals surface area contributed by atoms with Crippen molar-refractivity contribution in [1.29, 1.82) is 0 Å². The number of hydrogen-bond donors (Lipinski definition) is 0. The fourth-order valence-corrected chi connectivity index (χ4v) is 1.83. The Morgan fingerprint density at radius 3 is 2.80 bits per heavy atom. The van der Waals surface area contributed by atoms with Gasteiger partial charge < -0.3 is 9.53 Å². The third kappa shape index (κ3) is 2.34. The lowest BCUT2D eigenvalue weighted by atomic mass is 9.89. The monoisotopic (exact) mass is 207 g/mol. The molecule has 2 aliphatic rings. The maximum Gasteiger partial charge on any atom is 0.131 e. The lowest BCUT2D eigenvalue weighted by Gasteiger charge is -2.26. The number of carbonyl (C=O) groups is 1.